The minimum absolute atomic E-state index is 0.378. The molecule has 1 N–H and O–H groups in total. The van der Waals surface area contributed by atoms with Crippen LogP contribution < -0.4 is 5.59 Å². The molecule has 3 heterocycles. The fourth-order valence-electron chi connectivity index (χ4n) is 2.07. The van der Waals surface area contributed by atoms with Gasteiger partial charge in [0.1, 0.15) is 11.5 Å². The van der Waals surface area contributed by atoms with E-state index in [4.69, 9.17) is 9.31 Å². The number of hydrogen-bond donors (Lipinski definition) is 1. The third-order valence-corrected chi connectivity index (χ3v) is 4.07. The third-order valence-electron chi connectivity index (χ3n) is 4.07. The molecule has 0 aliphatic carbocycles. The van der Waals surface area contributed by atoms with Gasteiger partial charge in [-0.3, -0.25) is 0 Å². The van der Waals surface area contributed by atoms with Gasteiger partial charge < -0.3 is 14.3 Å². The number of aromatic nitrogens is 3. The van der Waals surface area contributed by atoms with E-state index < -0.39 is 18.3 Å². The highest BCUT2D eigenvalue weighted by Gasteiger charge is 2.52. The average molecular weight is 289 g/mol. The molecule has 3 rings (SSSR count). The molecule has 21 heavy (non-hydrogen) atoms. The first-order chi connectivity index (χ1) is 9.78. The summed E-state index contributed by atoms with van der Waals surface area (Å²) in [6.45, 7) is 7.97. The van der Waals surface area contributed by atoms with Crippen LogP contribution in [0.1, 0.15) is 27.7 Å². The number of aromatic amines is 1. The van der Waals surface area contributed by atoms with Crippen molar-refractivity contribution >= 4 is 12.7 Å². The van der Waals surface area contributed by atoms with E-state index in [0.29, 0.717) is 11.5 Å². The van der Waals surface area contributed by atoms with Crippen molar-refractivity contribution in [1.82, 2.24) is 15.0 Å². The quantitative estimate of drug-likeness (QED) is 0.858. The molecule has 0 spiro atoms. The summed E-state index contributed by atoms with van der Waals surface area (Å²) >= 11 is 0. The molecule has 1 aliphatic rings. The highest BCUT2D eigenvalue weighted by molar-refractivity contribution is 6.61. The van der Waals surface area contributed by atoms with Gasteiger partial charge in [0.05, 0.1) is 23.0 Å². The summed E-state index contributed by atoms with van der Waals surface area (Å²) in [5.41, 5.74) is 0.475. The number of nitrogens with zero attached hydrogens (tertiary/aromatic N) is 2. The summed E-state index contributed by atoms with van der Waals surface area (Å²) in [5.74, 6) is 0.177. The molecular weight excluding hydrogens is 272 g/mol. The van der Waals surface area contributed by atoms with Crippen LogP contribution in [-0.2, 0) is 9.31 Å². The Morgan fingerprint density at radius 2 is 1.71 bits per heavy atom. The lowest BCUT2D eigenvalue weighted by Crippen LogP contribution is -2.41. The highest BCUT2D eigenvalue weighted by Crippen LogP contribution is 2.36. The fraction of sp³-hybridized carbons (Fsp3) is 0.429. The fourth-order valence-corrected chi connectivity index (χ4v) is 2.07. The van der Waals surface area contributed by atoms with Crippen LogP contribution in [-0.4, -0.2) is 33.3 Å². The van der Waals surface area contributed by atoms with Crippen LogP contribution >= 0.6 is 0 Å². The van der Waals surface area contributed by atoms with Gasteiger partial charge in [0, 0.05) is 6.20 Å². The van der Waals surface area contributed by atoms with Crippen LogP contribution in [0.2, 0.25) is 0 Å². The molecule has 1 saturated heterocycles. The zero-order valence-corrected chi connectivity index (χ0v) is 12.5. The first-order valence-electron chi connectivity index (χ1n) is 6.81. The number of pyridine rings is 1. The minimum Gasteiger partial charge on any atom is -0.398 e. The Morgan fingerprint density at radius 3 is 2.29 bits per heavy atom. The van der Waals surface area contributed by atoms with Crippen molar-refractivity contribution in [3.8, 4) is 11.5 Å². The average Bonchev–Trinajstić information content (AvgIpc) is 2.94. The Bertz CT molecular complexity index is 638. The molecule has 7 heteroatoms. The molecule has 1 aliphatic heterocycles. The van der Waals surface area contributed by atoms with Crippen LogP contribution in [0.3, 0.4) is 0 Å². The second-order valence-corrected chi connectivity index (χ2v) is 6.14. The van der Waals surface area contributed by atoms with Crippen LogP contribution in [0.25, 0.3) is 11.5 Å². The van der Waals surface area contributed by atoms with Gasteiger partial charge in [0.25, 0.3) is 0 Å². The van der Waals surface area contributed by atoms with Gasteiger partial charge in [0.2, 0.25) is 0 Å². The maximum atomic E-state index is 12.9. The van der Waals surface area contributed by atoms with Crippen molar-refractivity contribution in [2.75, 3.05) is 0 Å². The maximum absolute atomic E-state index is 12.9. The Balaban J connectivity index is 1.85. The maximum Gasteiger partial charge on any atom is 0.513 e. The molecule has 0 aromatic carbocycles. The Morgan fingerprint density at radius 1 is 1.05 bits per heavy atom. The van der Waals surface area contributed by atoms with E-state index in [1.165, 1.54) is 6.07 Å². The molecule has 2 aromatic rings. The first-order valence-corrected chi connectivity index (χ1v) is 6.81. The summed E-state index contributed by atoms with van der Waals surface area (Å²) in [6.07, 6.45) is 2.81. The zero-order valence-electron chi connectivity index (χ0n) is 12.5. The van der Waals surface area contributed by atoms with E-state index in [-0.39, 0.29) is 5.82 Å². The summed E-state index contributed by atoms with van der Waals surface area (Å²) in [6, 6.07) is 2.92. The molecule has 0 bridgehead atoms. The summed E-state index contributed by atoms with van der Waals surface area (Å²) in [4.78, 5) is 11.4. The number of H-pyrrole nitrogens is 1. The van der Waals surface area contributed by atoms with E-state index in [1.54, 1.807) is 12.3 Å². The zero-order chi connectivity index (χ0) is 15.3. The first kappa shape index (κ1) is 14.2. The van der Waals surface area contributed by atoms with Crippen LogP contribution in [0.4, 0.5) is 4.39 Å². The Hall–Kier alpha value is -1.73. The van der Waals surface area contributed by atoms with Crippen molar-refractivity contribution in [2.45, 2.75) is 38.9 Å². The van der Waals surface area contributed by atoms with Gasteiger partial charge in [-0.05, 0) is 39.8 Å². The predicted octanol–water partition coefficient (Wildman–Crippen LogP) is 1.91. The lowest BCUT2D eigenvalue weighted by atomic mass is 9.86. The summed E-state index contributed by atoms with van der Waals surface area (Å²) in [5, 5.41) is 0. The monoisotopic (exact) mass is 289 g/mol. The second-order valence-electron chi connectivity index (χ2n) is 6.14. The van der Waals surface area contributed by atoms with E-state index in [2.05, 4.69) is 15.0 Å². The summed E-state index contributed by atoms with van der Waals surface area (Å²) < 4.78 is 24.8. The Labute approximate surface area is 123 Å². The van der Waals surface area contributed by atoms with Gasteiger partial charge in [-0.2, -0.15) is 0 Å². The van der Waals surface area contributed by atoms with E-state index >= 15 is 0 Å². The predicted molar refractivity (Wildman–Crippen MR) is 77.5 cm³/mol. The highest BCUT2D eigenvalue weighted by atomic mass is 19.1. The molecular formula is C14H17BFN3O2. The normalized spacial score (nSPS) is 20.0. The van der Waals surface area contributed by atoms with Gasteiger partial charge in [0.15, 0.2) is 5.82 Å². The number of nitrogens with one attached hydrogen (secondary N) is 1. The molecule has 5 nitrogen and oxygen atoms in total. The SMILES string of the molecule is CC1(C)OB(c2cnc(-c3ccc(F)cn3)[nH]2)OC1(C)C. The van der Waals surface area contributed by atoms with E-state index in [9.17, 15) is 4.39 Å². The van der Waals surface area contributed by atoms with E-state index in [1.807, 2.05) is 27.7 Å². The number of imidazole rings is 1. The van der Waals surface area contributed by atoms with Crippen molar-refractivity contribution in [3.63, 3.8) is 0 Å². The molecule has 1 fully saturated rings. The molecule has 0 amide bonds. The van der Waals surface area contributed by atoms with Crippen molar-refractivity contribution < 1.29 is 13.7 Å². The van der Waals surface area contributed by atoms with Gasteiger partial charge in [-0.15, -0.1) is 0 Å². The van der Waals surface area contributed by atoms with E-state index in [0.717, 1.165) is 11.8 Å². The molecule has 0 atom stereocenters. The van der Waals surface area contributed by atoms with Crippen LogP contribution in [0, 0.1) is 5.82 Å². The summed E-state index contributed by atoms with van der Waals surface area (Å²) in [7, 11) is -0.503. The smallest absolute Gasteiger partial charge is 0.398 e. The topological polar surface area (TPSA) is 60.0 Å². The van der Waals surface area contributed by atoms with Gasteiger partial charge in [-0.25, -0.2) is 14.4 Å². The standard InChI is InChI=1S/C14H17BFN3O2/c1-13(2)14(3,4)21-15(20-13)11-8-18-12(19-11)10-6-5-9(16)7-17-10/h5-8H,1-4H3,(H,18,19). The van der Waals surface area contributed by atoms with Crippen LogP contribution in [0.15, 0.2) is 24.5 Å². The van der Waals surface area contributed by atoms with Gasteiger partial charge >= 0.3 is 7.12 Å². The molecule has 0 unspecified atom stereocenters. The second kappa shape index (κ2) is 4.64. The molecule has 0 radical (unpaired) electrons. The number of rotatable bonds is 2. The minimum atomic E-state index is -0.503. The Kier molecular flexibility index (Phi) is 3.14. The van der Waals surface area contributed by atoms with Crippen LogP contribution in [0.5, 0.6) is 0 Å². The lowest BCUT2D eigenvalue weighted by Gasteiger charge is -2.32. The number of halogens is 1. The molecule has 0 saturated carbocycles. The van der Waals surface area contributed by atoms with Crippen molar-refractivity contribution in [2.24, 2.45) is 0 Å². The third kappa shape index (κ3) is 2.47. The molecule has 2 aromatic heterocycles. The van der Waals surface area contributed by atoms with Gasteiger partial charge in [-0.1, -0.05) is 0 Å². The molecule has 110 valence electrons. The van der Waals surface area contributed by atoms with Crippen molar-refractivity contribution in [1.29, 1.82) is 0 Å². The van der Waals surface area contributed by atoms with Crippen molar-refractivity contribution in [3.05, 3.63) is 30.3 Å². The largest absolute Gasteiger partial charge is 0.513 e. The number of hydrogen-bond acceptors (Lipinski definition) is 4. The lowest BCUT2D eigenvalue weighted by molar-refractivity contribution is 0.00578.